The highest BCUT2D eigenvalue weighted by Crippen LogP contribution is 2.28. The molecule has 1 fully saturated rings. The van der Waals surface area contributed by atoms with E-state index in [1.807, 2.05) is 48.5 Å². The number of ether oxygens (including phenoxy) is 1. The summed E-state index contributed by atoms with van der Waals surface area (Å²) in [5, 5.41) is 11.9. The van der Waals surface area contributed by atoms with Crippen LogP contribution in [0.5, 0.6) is 0 Å². The molecule has 26 heavy (non-hydrogen) atoms. The van der Waals surface area contributed by atoms with E-state index < -0.39 is 12.2 Å². The largest absolute Gasteiger partial charge is 0.465 e. The van der Waals surface area contributed by atoms with Gasteiger partial charge in [0.2, 0.25) is 0 Å². The van der Waals surface area contributed by atoms with E-state index in [1.165, 1.54) is 4.90 Å². The Morgan fingerprint density at radius 1 is 1.15 bits per heavy atom. The van der Waals surface area contributed by atoms with Gasteiger partial charge in [-0.1, -0.05) is 42.5 Å². The number of nitrogens with one attached hydrogen (secondary N) is 1. The van der Waals surface area contributed by atoms with E-state index in [9.17, 15) is 14.7 Å². The van der Waals surface area contributed by atoms with Crippen molar-refractivity contribution in [3.63, 3.8) is 0 Å². The molecule has 0 spiro atoms. The Hall–Kier alpha value is -3.02. The highest BCUT2D eigenvalue weighted by Gasteiger charge is 2.24. The van der Waals surface area contributed by atoms with E-state index in [2.05, 4.69) is 5.32 Å². The Morgan fingerprint density at radius 2 is 1.96 bits per heavy atom. The predicted molar refractivity (Wildman–Crippen MR) is 98.3 cm³/mol. The Balaban J connectivity index is 1.58. The lowest BCUT2D eigenvalue weighted by atomic mass is 9.90. The Kier molecular flexibility index (Phi) is 5.73. The van der Waals surface area contributed by atoms with Crippen molar-refractivity contribution in [3.05, 3.63) is 65.7 Å². The molecule has 0 aliphatic carbocycles. The number of anilines is 1. The number of hydrogen-bond donors (Lipinski definition) is 2. The Labute approximate surface area is 152 Å². The first kappa shape index (κ1) is 17.8. The number of carbonyl (C=O) groups is 2. The second kappa shape index (κ2) is 8.38. The minimum absolute atomic E-state index is 0.141. The fraction of sp³-hybridized carbons (Fsp3) is 0.300. The lowest BCUT2D eigenvalue weighted by Gasteiger charge is -2.31. The minimum atomic E-state index is -0.881. The predicted octanol–water partition coefficient (Wildman–Crippen LogP) is 4.29. The molecule has 1 aliphatic rings. The number of benzene rings is 2. The first-order valence-electron chi connectivity index (χ1n) is 8.67. The highest BCUT2D eigenvalue weighted by atomic mass is 16.5. The van der Waals surface area contributed by atoms with Crippen LogP contribution in [0, 0.1) is 0 Å². The van der Waals surface area contributed by atoms with E-state index in [1.54, 1.807) is 6.07 Å². The van der Waals surface area contributed by atoms with Crippen LogP contribution in [0.25, 0.3) is 0 Å². The van der Waals surface area contributed by atoms with Gasteiger partial charge in [0, 0.05) is 24.7 Å². The Bertz CT molecular complexity index is 763. The molecule has 6 heteroatoms. The number of likely N-dealkylation sites (tertiary alicyclic amines) is 1. The van der Waals surface area contributed by atoms with Crippen LogP contribution in [-0.4, -0.2) is 35.3 Å². The van der Waals surface area contributed by atoms with E-state index in [0.717, 1.165) is 24.0 Å². The standard InChI is InChI=1S/C20H22N2O4/c23-19(26-14-15-6-2-1-3-7-15)21-18-10-4-8-16(12-18)17-9-5-11-22(13-17)20(24)25/h1-4,6-8,10,12,17H,5,9,11,13-14H2,(H,21,23)(H,24,25). The van der Waals surface area contributed by atoms with Crippen LogP contribution in [0.2, 0.25) is 0 Å². The highest BCUT2D eigenvalue weighted by molar-refractivity contribution is 5.84. The van der Waals surface area contributed by atoms with Gasteiger partial charge >= 0.3 is 12.2 Å². The van der Waals surface area contributed by atoms with Gasteiger partial charge in [-0.05, 0) is 36.1 Å². The average molecular weight is 354 g/mol. The summed E-state index contributed by atoms with van der Waals surface area (Å²) in [5.41, 5.74) is 2.59. The molecule has 136 valence electrons. The second-order valence-corrected chi connectivity index (χ2v) is 6.38. The zero-order chi connectivity index (χ0) is 18.4. The Morgan fingerprint density at radius 3 is 2.73 bits per heavy atom. The molecule has 0 saturated carbocycles. The van der Waals surface area contributed by atoms with E-state index in [-0.39, 0.29) is 12.5 Å². The summed E-state index contributed by atoms with van der Waals surface area (Å²) in [7, 11) is 0. The lowest BCUT2D eigenvalue weighted by molar-refractivity contribution is 0.130. The summed E-state index contributed by atoms with van der Waals surface area (Å²) in [5.74, 6) is 0.141. The van der Waals surface area contributed by atoms with Crippen LogP contribution >= 0.6 is 0 Å². The smallest absolute Gasteiger partial charge is 0.411 e. The molecule has 0 radical (unpaired) electrons. The van der Waals surface area contributed by atoms with Crippen LogP contribution in [0.1, 0.15) is 29.9 Å². The van der Waals surface area contributed by atoms with Gasteiger partial charge in [0.25, 0.3) is 0 Å². The second-order valence-electron chi connectivity index (χ2n) is 6.38. The van der Waals surface area contributed by atoms with Gasteiger partial charge in [-0.3, -0.25) is 5.32 Å². The van der Waals surface area contributed by atoms with Crippen LogP contribution in [-0.2, 0) is 11.3 Å². The van der Waals surface area contributed by atoms with Gasteiger partial charge in [-0.2, -0.15) is 0 Å². The first-order chi connectivity index (χ1) is 12.6. The van der Waals surface area contributed by atoms with Gasteiger partial charge < -0.3 is 14.7 Å². The van der Waals surface area contributed by atoms with Crippen molar-refractivity contribution >= 4 is 17.9 Å². The third-order valence-corrected chi connectivity index (χ3v) is 4.51. The van der Waals surface area contributed by atoms with Crippen molar-refractivity contribution in [2.75, 3.05) is 18.4 Å². The number of hydrogen-bond acceptors (Lipinski definition) is 3. The first-order valence-corrected chi connectivity index (χ1v) is 8.67. The molecule has 2 aromatic rings. The summed E-state index contributed by atoms with van der Waals surface area (Å²) in [6, 6.07) is 17.0. The molecule has 1 heterocycles. The van der Waals surface area contributed by atoms with Gasteiger partial charge in [-0.15, -0.1) is 0 Å². The summed E-state index contributed by atoms with van der Waals surface area (Å²) in [6.45, 7) is 1.27. The third-order valence-electron chi connectivity index (χ3n) is 4.51. The summed E-state index contributed by atoms with van der Waals surface area (Å²) >= 11 is 0. The van der Waals surface area contributed by atoms with Crippen LogP contribution in [0.3, 0.4) is 0 Å². The molecular formula is C20H22N2O4. The van der Waals surface area contributed by atoms with E-state index in [4.69, 9.17) is 4.74 Å². The van der Waals surface area contributed by atoms with Crippen molar-refractivity contribution in [1.29, 1.82) is 0 Å². The summed E-state index contributed by atoms with van der Waals surface area (Å²) < 4.78 is 5.23. The maximum atomic E-state index is 12.0. The minimum Gasteiger partial charge on any atom is -0.465 e. The van der Waals surface area contributed by atoms with Crippen molar-refractivity contribution in [3.8, 4) is 0 Å². The fourth-order valence-electron chi connectivity index (χ4n) is 3.17. The molecule has 0 aromatic heterocycles. The summed E-state index contributed by atoms with van der Waals surface area (Å²) in [6.07, 6.45) is 0.384. The molecule has 1 atom stereocenters. The van der Waals surface area contributed by atoms with Crippen molar-refractivity contribution in [1.82, 2.24) is 4.90 Å². The van der Waals surface area contributed by atoms with Crippen LogP contribution in [0.4, 0.5) is 15.3 Å². The molecule has 1 aliphatic heterocycles. The molecule has 2 N–H and O–H groups in total. The molecular weight excluding hydrogens is 332 g/mol. The lowest BCUT2D eigenvalue weighted by Crippen LogP contribution is -2.38. The average Bonchev–Trinajstić information content (AvgIpc) is 2.67. The van der Waals surface area contributed by atoms with E-state index >= 15 is 0 Å². The molecule has 2 aromatic carbocycles. The number of carboxylic acid groups (broad SMARTS) is 1. The van der Waals surface area contributed by atoms with Crippen LogP contribution < -0.4 is 5.32 Å². The molecule has 0 bridgehead atoms. The number of carbonyl (C=O) groups excluding carboxylic acids is 1. The molecule has 6 nitrogen and oxygen atoms in total. The zero-order valence-electron chi connectivity index (χ0n) is 14.4. The quantitative estimate of drug-likeness (QED) is 0.858. The van der Waals surface area contributed by atoms with E-state index in [0.29, 0.717) is 18.8 Å². The maximum Gasteiger partial charge on any atom is 0.411 e. The molecule has 3 rings (SSSR count). The van der Waals surface area contributed by atoms with Gasteiger partial charge in [0.1, 0.15) is 6.61 Å². The fourth-order valence-corrected chi connectivity index (χ4v) is 3.17. The number of nitrogens with zero attached hydrogens (tertiary/aromatic N) is 1. The topological polar surface area (TPSA) is 78.9 Å². The maximum absolute atomic E-state index is 12.0. The number of piperidine rings is 1. The van der Waals surface area contributed by atoms with Crippen LogP contribution in [0.15, 0.2) is 54.6 Å². The third kappa shape index (κ3) is 4.75. The van der Waals surface area contributed by atoms with Gasteiger partial charge in [0.05, 0.1) is 0 Å². The zero-order valence-corrected chi connectivity index (χ0v) is 14.4. The molecule has 1 unspecified atom stereocenters. The monoisotopic (exact) mass is 354 g/mol. The molecule has 1 saturated heterocycles. The van der Waals surface area contributed by atoms with Crippen molar-refractivity contribution in [2.24, 2.45) is 0 Å². The number of amides is 2. The SMILES string of the molecule is O=C(Nc1cccc(C2CCCN(C(=O)O)C2)c1)OCc1ccccc1. The van der Waals surface area contributed by atoms with Gasteiger partial charge in [0.15, 0.2) is 0 Å². The summed E-state index contributed by atoms with van der Waals surface area (Å²) in [4.78, 5) is 24.6. The normalized spacial score (nSPS) is 16.8. The molecule has 2 amide bonds. The van der Waals surface area contributed by atoms with Crippen molar-refractivity contribution < 1.29 is 19.4 Å². The number of rotatable bonds is 4. The van der Waals surface area contributed by atoms with Crippen molar-refractivity contribution in [2.45, 2.75) is 25.4 Å². The van der Waals surface area contributed by atoms with Gasteiger partial charge in [-0.25, -0.2) is 9.59 Å².